The Kier molecular flexibility index (Phi) is 14.0. The first-order chi connectivity index (χ1) is 23.1. The molecule has 5 atom stereocenters. The van der Waals surface area contributed by atoms with E-state index in [9.17, 15) is 29.2 Å². The van der Waals surface area contributed by atoms with Gasteiger partial charge in [-0.05, 0) is 55.1 Å². The highest BCUT2D eigenvalue weighted by molar-refractivity contribution is 5.98. The summed E-state index contributed by atoms with van der Waals surface area (Å²) in [5.41, 5.74) is 6.95. The molecule has 1 saturated heterocycles. The van der Waals surface area contributed by atoms with Crippen LogP contribution in [0, 0.1) is 23.2 Å². The molecule has 0 spiro atoms. The minimum atomic E-state index is -1.19. The number of aromatic amines is 1. The molecule has 49 heavy (non-hydrogen) atoms. The Labute approximate surface area is 287 Å². The number of guanidine groups is 1. The van der Waals surface area contributed by atoms with Crippen molar-refractivity contribution in [3.05, 3.63) is 36.0 Å². The van der Waals surface area contributed by atoms with Gasteiger partial charge in [-0.3, -0.25) is 34.6 Å². The van der Waals surface area contributed by atoms with Crippen LogP contribution >= 0.6 is 0 Å². The Morgan fingerprint density at radius 2 is 1.29 bits per heavy atom. The lowest BCUT2D eigenvalue weighted by molar-refractivity contribution is -0.135. The predicted molar refractivity (Wildman–Crippen MR) is 185 cm³/mol. The Morgan fingerprint density at radius 3 is 1.86 bits per heavy atom. The zero-order valence-electron chi connectivity index (χ0n) is 29.3. The van der Waals surface area contributed by atoms with Crippen LogP contribution in [0.3, 0.4) is 0 Å². The number of carbonyl (C=O) groups excluding carboxylic acids is 5. The molecule has 1 aromatic carbocycles. The van der Waals surface area contributed by atoms with E-state index in [-0.39, 0.29) is 56.4 Å². The van der Waals surface area contributed by atoms with E-state index in [0.29, 0.717) is 5.06 Å². The van der Waals surface area contributed by atoms with E-state index in [1.54, 1.807) is 20.0 Å². The second-order valence-electron chi connectivity index (χ2n) is 13.9. The van der Waals surface area contributed by atoms with Gasteiger partial charge in [0.05, 0.1) is 0 Å². The van der Waals surface area contributed by atoms with Crippen molar-refractivity contribution in [3.8, 4) is 0 Å². The standard InChI is InChI=1S/C34H53N9O6/c1-18(2)14-25-30(45)40-26(15-19(3)4)32(47)42-28(20(5)6)33(48)41-27(16-21-17-37-23-11-8-7-10-22(21)23)31(46)38-24(29(44)39-25)12-9-13-43(49)34(35)36/h7-8,10-11,17-20,24-28,37,49H,9,12-16H2,1-6H3,(H3,35,36)(H,38,46)(H,39,44)(H,40,45)(H,41,48)(H,42,47). The Bertz CT molecular complexity index is 1490. The van der Waals surface area contributed by atoms with Gasteiger partial charge in [-0.1, -0.05) is 59.7 Å². The number of carbonyl (C=O) groups is 5. The van der Waals surface area contributed by atoms with Gasteiger partial charge >= 0.3 is 0 Å². The van der Waals surface area contributed by atoms with Gasteiger partial charge < -0.3 is 37.3 Å². The molecular weight excluding hydrogens is 630 g/mol. The summed E-state index contributed by atoms with van der Waals surface area (Å²) in [5.74, 6) is -3.98. The number of amides is 5. The molecule has 1 fully saturated rings. The largest absolute Gasteiger partial charge is 0.368 e. The number of fused-ring (bicyclic) bond motifs is 1. The number of hydrogen-bond acceptors (Lipinski definition) is 7. The second-order valence-corrected chi connectivity index (χ2v) is 13.9. The number of hydrogen-bond donors (Lipinski definition) is 9. The normalized spacial score (nSPS) is 23.0. The minimum Gasteiger partial charge on any atom is -0.368 e. The lowest BCUT2D eigenvalue weighted by Crippen LogP contribution is -2.59. The molecule has 2 heterocycles. The minimum absolute atomic E-state index is 0.00967. The van der Waals surface area contributed by atoms with Crippen molar-refractivity contribution in [3.63, 3.8) is 0 Å². The number of benzene rings is 1. The Balaban J connectivity index is 2.08. The van der Waals surface area contributed by atoms with E-state index >= 15 is 0 Å². The van der Waals surface area contributed by atoms with Gasteiger partial charge in [-0.15, -0.1) is 0 Å². The van der Waals surface area contributed by atoms with Crippen molar-refractivity contribution < 1.29 is 29.2 Å². The Morgan fingerprint density at radius 1 is 0.776 bits per heavy atom. The van der Waals surface area contributed by atoms with Crippen molar-refractivity contribution in [2.24, 2.45) is 23.5 Å². The number of aromatic nitrogens is 1. The first-order valence-electron chi connectivity index (χ1n) is 16.9. The summed E-state index contributed by atoms with van der Waals surface area (Å²) in [6, 6.07) is 2.12. The van der Waals surface area contributed by atoms with Gasteiger partial charge in [0.15, 0.2) is 0 Å². The molecule has 5 amide bonds. The third-order valence-corrected chi connectivity index (χ3v) is 8.43. The average Bonchev–Trinajstić information content (AvgIpc) is 3.43. The van der Waals surface area contributed by atoms with Crippen molar-refractivity contribution in [2.75, 3.05) is 6.54 Å². The summed E-state index contributed by atoms with van der Waals surface area (Å²) in [6.45, 7) is 11.0. The van der Waals surface area contributed by atoms with Crippen molar-refractivity contribution in [1.82, 2.24) is 36.6 Å². The first kappa shape index (κ1) is 38.8. The molecular formula is C34H53N9O6. The second kappa shape index (κ2) is 17.7. The molecule has 0 aliphatic carbocycles. The van der Waals surface area contributed by atoms with Gasteiger partial charge in [-0.2, -0.15) is 0 Å². The molecule has 15 heteroatoms. The van der Waals surface area contributed by atoms with Gasteiger partial charge in [-0.25, -0.2) is 5.06 Å². The lowest BCUT2D eigenvalue weighted by atomic mass is 9.98. The summed E-state index contributed by atoms with van der Waals surface area (Å²) in [5, 5.41) is 32.7. The van der Waals surface area contributed by atoms with Crippen molar-refractivity contribution >= 4 is 46.4 Å². The monoisotopic (exact) mass is 683 g/mol. The molecule has 1 aliphatic rings. The highest BCUT2D eigenvalue weighted by Gasteiger charge is 2.36. The highest BCUT2D eigenvalue weighted by atomic mass is 16.5. The van der Waals surface area contributed by atoms with Crippen molar-refractivity contribution in [1.29, 1.82) is 5.41 Å². The fourth-order valence-corrected chi connectivity index (χ4v) is 5.84. The summed E-state index contributed by atoms with van der Waals surface area (Å²) in [4.78, 5) is 72.3. The highest BCUT2D eigenvalue weighted by Crippen LogP contribution is 2.20. The number of nitrogens with two attached hydrogens (primary N) is 1. The number of nitrogens with zero attached hydrogens (tertiary/aromatic N) is 1. The third kappa shape index (κ3) is 11.2. The van der Waals surface area contributed by atoms with E-state index in [1.807, 2.05) is 52.0 Å². The summed E-state index contributed by atoms with van der Waals surface area (Å²) in [7, 11) is 0. The van der Waals surface area contributed by atoms with E-state index in [4.69, 9.17) is 11.1 Å². The maximum absolute atomic E-state index is 14.1. The van der Waals surface area contributed by atoms with Crippen LogP contribution in [0.1, 0.15) is 72.8 Å². The van der Waals surface area contributed by atoms with Gasteiger partial charge in [0.2, 0.25) is 35.5 Å². The molecule has 15 nitrogen and oxygen atoms in total. The van der Waals surface area contributed by atoms with Gasteiger partial charge in [0.25, 0.3) is 0 Å². The van der Waals surface area contributed by atoms with Crippen LogP contribution in [0.15, 0.2) is 30.5 Å². The molecule has 1 aromatic heterocycles. The molecule has 270 valence electrons. The molecule has 1 aliphatic heterocycles. The van der Waals surface area contributed by atoms with Gasteiger partial charge in [0.1, 0.15) is 30.2 Å². The van der Waals surface area contributed by atoms with Gasteiger partial charge in [0, 0.05) is 30.1 Å². The molecule has 5 unspecified atom stereocenters. The first-order valence-corrected chi connectivity index (χ1v) is 16.9. The van der Waals surface area contributed by atoms with E-state index in [2.05, 4.69) is 31.6 Å². The fourth-order valence-electron chi connectivity index (χ4n) is 5.84. The van der Waals surface area contributed by atoms with Crippen LogP contribution in [0.25, 0.3) is 10.9 Å². The van der Waals surface area contributed by atoms with E-state index in [1.165, 1.54) is 0 Å². The summed E-state index contributed by atoms with van der Waals surface area (Å²) in [6.07, 6.45) is 2.51. The summed E-state index contributed by atoms with van der Waals surface area (Å²) < 4.78 is 0. The molecule has 3 rings (SSSR count). The molecule has 0 radical (unpaired) electrons. The molecule has 0 bridgehead atoms. The van der Waals surface area contributed by atoms with Crippen LogP contribution in [-0.4, -0.2) is 87.5 Å². The predicted octanol–water partition coefficient (Wildman–Crippen LogP) is 1.26. The lowest BCUT2D eigenvalue weighted by Gasteiger charge is -2.28. The number of hydroxylamine groups is 2. The topological polar surface area (TPSA) is 235 Å². The summed E-state index contributed by atoms with van der Waals surface area (Å²) >= 11 is 0. The number of nitrogens with one attached hydrogen (secondary N) is 7. The zero-order valence-corrected chi connectivity index (χ0v) is 29.3. The van der Waals surface area contributed by atoms with Crippen LogP contribution in [0.2, 0.25) is 0 Å². The van der Waals surface area contributed by atoms with Crippen LogP contribution in [0.4, 0.5) is 0 Å². The maximum atomic E-state index is 14.1. The van der Waals surface area contributed by atoms with E-state index < -0.39 is 65.7 Å². The number of para-hydroxylation sites is 1. The van der Waals surface area contributed by atoms with E-state index in [0.717, 1.165) is 16.5 Å². The number of rotatable bonds is 11. The zero-order chi connectivity index (χ0) is 36.4. The SMILES string of the molecule is CC(C)CC1NC(=O)C(CCCN(O)C(=N)N)NC(=O)C(Cc2c[nH]c3ccccc23)NC(=O)C(C(C)C)NC(=O)C(CC(C)C)NC1=O. The quantitative estimate of drug-likeness (QED) is 0.0948. The maximum Gasteiger partial charge on any atom is 0.243 e. The Hall–Kier alpha value is -4.66. The molecule has 0 saturated carbocycles. The number of H-pyrrole nitrogens is 1. The molecule has 10 N–H and O–H groups in total. The van der Waals surface area contributed by atoms with Crippen molar-refractivity contribution in [2.45, 2.75) is 104 Å². The van der Waals surface area contributed by atoms with Crippen LogP contribution in [0.5, 0.6) is 0 Å². The fraction of sp³-hybridized carbons (Fsp3) is 0.588. The smallest absolute Gasteiger partial charge is 0.243 e. The third-order valence-electron chi connectivity index (χ3n) is 8.43. The average molecular weight is 684 g/mol. The van der Waals surface area contributed by atoms with Crippen LogP contribution < -0.4 is 32.3 Å². The molecule has 2 aromatic rings. The van der Waals surface area contributed by atoms with Crippen LogP contribution in [-0.2, 0) is 30.4 Å².